The SMILES string of the molecule is COC(=O)[C@H]1O[C@@]2(O)[C@]3(C)[C@H]4CC[C@]5(C)C(=C4C[C@@]2(O)[C@@H](OC(C)=O)C(C)(C)[C@H]13)[C@@H](O)C(=O)O[C@H]5c1ccoc1. The first-order valence-electron chi connectivity index (χ1n) is 13.6. The fourth-order valence-electron chi connectivity index (χ4n) is 9.50. The van der Waals surface area contributed by atoms with E-state index in [2.05, 4.69) is 0 Å². The molecule has 3 heterocycles. The quantitative estimate of drug-likeness (QED) is 0.281. The summed E-state index contributed by atoms with van der Waals surface area (Å²) in [6.45, 7) is 8.45. The van der Waals surface area contributed by atoms with Crippen molar-refractivity contribution in [2.75, 3.05) is 7.11 Å². The standard InChI is InChI=1S/C29H36O11/c1-13(30)38-24-25(2,3)20-19(23(33)36-6)40-29(35)27(20,5)16-7-9-26(4)17(15(16)11-28(24,29)34)18(31)22(32)39-21(26)14-8-10-37-12-14/h8,10,12,16,18-21,24,31,34-35H,7,9,11H2,1-6H3/t16-,18+,19-,20-,21-,24-,26+,27+,28+,29-/m0/s1. The highest BCUT2D eigenvalue weighted by Crippen LogP contribution is 2.76. The molecule has 3 aliphatic carbocycles. The van der Waals surface area contributed by atoms with Crippen molar-refractivity contribution >= 4 is 17.9 Å². The van der Waals surface area contributed by atoms with Crippen molar-refractivity contribution in [3.63, 3.8) is 0 Å². The lowest BCUT2D eigenvalue weighted by molar-refractivity contribution is -0.388. The maximum absolute atomic E-state index is 13.1. The highest BCUT2D eigenvalue weighted by atomic mass is 16.7. The van der Waals surface area contributed by atoms with Gasteiger partial charge >= 0.3 is 17.9 Å². The zero-order valence-corrected chi connectivity index (χ0v) is 23.4. The Morgan fingerprint density at radius 2 is 1.85 bits per heavy atom. The minimum Gasteiger partial charge on any atom is -0.472 e. The van der Waals surface area contributed by atoms with Crippen molar-refractivity contribution < 1.29 is 53.1 Å². The fraction of sp³-hybridized carbons (Fsp3) is 0.690. The number of hydrogen-bond donors (Lipinski definition) is 3. The fourth-order valence-corrected chi connectivity index (χ4v) is 9.50. The second-order valence-corrected chi connectivity index (χ2v) is 13.1. The molecule has 11 heteroatoms. The van der Waals surface area contributed by atoms with E-state index in [0.29, 0.717) is 29.6 Å². The molecule has 0 spiro atoms. The number of carbonyl (C=O) groups excluding carboxylic acids is 3. The van der Waals surface area contributed by atoms with E-state index >= 15 is 0 Å². The summed E-state index contributed by atoms with van der Waals surface area (Å²) >= 11 is 0. The predicted molar refractivity (Wildman–Crippen MR) is 134 cm³/mol. The lowest BCUT2D eigenvalue weighted by Gasteiger charge is -2.68. The summed E-state index contributed by atoms with van der Waals surface area (Å²) in [6, 6.07) is 1.71. The van der Waals surface area contributed by atoms with Crippen LogP contribution in [0.2, 0.25) is 0 Å². The summed E-state index contributed by atoms with van der Waals surface area (Å²) in [6.07, 6.45) is -1.27. The van der Waals surface area contributed by atoms with E-state index in [1.807, 2.05) is 6.92 Å². The van der Waals surface area contributed by atoms with Gasteiger partial charge in [-0.05, 0) is 30.4 Å². The molecule has 40 heavy (non-hydrogen) atoms. The average Bonchev–Trinajstić information content (AvgIpc) is 3.48. The van der Waals surface area contributed by atoms with Gasteiger partial charge < -0.3 is 38.7 Å². The van der Waals surface area contributed by atoms with Crippen LogP contribution in [-0.2, 0) is 33.3 Å². The Morgan fingerprint density at radius 1 is 1.15 bits per heavy atom. The molecule has 2 saturated carbocycles. The molecule has 10 atom stereocenters. The molecule has 3 N–H and O–H groups in total. The first-order chi connectivity index (χ1) is 18.6. The van der Waals surface area contributed by atoms with Crippen LogP contribution in [0, 0.1) is 28.1 Å². The Bertz CT molecular complexity index is 1310. The number of furan rings is 1. The number of esters is 3. The van der Waals surface area contributed by atoms with Crippen LogP contribution >= 0.6 is 0 Å². The van der Waals surface area contributed by atoms with Crippen LogP contribution < -0.4 is 0 Å². The molecule has 4 bridgehead atoms. The van der Waals surface area contributed by atoms with E-state index in [-0.39, 0.29) is 6.42 Å². The van der Waals surface area contributed by atoms with Crippen LogP contribution in [0.1, 0.15) is 65.5 Å². The number of rotatable bonds is 3. The third-order valence-electron chi connectivity index (χ3n) is 10.9. The summed E-state index contributed by atoms with van der Waals surface area (Å²) in [5, 5.41) is 36.3. The highest BCUT2D eigenvalue weighted by Gasteiger charge is 2.86. The topological polar surface area (TPSA) is 162 Å². The normalized spacial score (nSPS) is 46.7. The number of ether oxygens (including phenoxy) is 4. The number of hydrogen-bond acceptors (Lipinski definition) is 11. The van der Waals surface area contributed by atoms with Crippen LogP contribution in [-0.4, -0.2) is 70.0 Å². The Kier molecular flexibility index (Phi) is 5.61. The van der Waals surface area contributed by atoms with E-state index in [9.17, 15) is 29.7 Å². The van der Waals surface area contributed by atoms with Gasteiger partial charge in [-0.3, -0.25) is 4.79 Å². The number of aliphatic hydroxyl groups is 3. The van der Waals surface area contributed by atoms with E-state index in [0.717, 1.165) is 0 Å². The number of methoxy groups -OCH3 is 1. The van der Waals surface area contributed by atoms with Crippen molar-refractivity contribution in [3.05, 3.63) is 35.3 Å². The summed E-state index contributed by atoms with van der Waals surface area (Å²) in [7, 11) is 1.22. The van der Waals surface area contributed by atoms with Crippen LogP contribution in [0.3, 0.4) is 0 Å². The molecule has 0 radical (unpaired) electrons. The zero-order chi connectivity index (χ0) is 29.2. The van der Waals surface area contributed by atoms with Crippen molar-refractivity contribution in [2.24, 2.45) is 28.1 Å². The molecule has 4 fully saturated rings. The molecule has 0 aromatic carbocycles. The van der Waals surface area contributed by atoms with E-state index in [4.69, 9.17) is 23.4 Å². The zero-order valence-electron chi connectivity index (χ0n) is 23.4. The van der Waals surface area contributed by atoms with Crippen LogP contribution in [0.25, 0.3) is 0 Å². The van der Waals surface area contributed by atoms with Gasteiger partial charge in [-0.1, -0.05) is 33.3 Å². The van der Waals surface area contributed by atoms with Gasteiger partial charge in [-0.25, -0.2) is 9.59 Å². The van der Waals surface area contributed by atoms with E-state index in [1.165, 1.54) is 26.6 Å². The van der Waals surface area contributed by atoms with Gasteiger partial charge in [0.2, 0.25) is 5.79 Å². The number of aliphatic hydroxyl groups excluding tert-OH is 1. The van der Waals surface area contributed by atoms with Crippen LogP contribution in [0.15, 0.2) is 34.2 Å². The van der Waals surface area contributed by atoms with Gasteiger partial charge in [0.25, 0.3) is 0 Å². The van der Waals surface area contributed by atoms with Crippen LogP contribution in [0.5, 0.6) is 0 Å². The van der Waals surface area contributed by atoms with E-state index < -0.39 is 81.8 Å². The van der Waals surface area contributed by atoms with Gasteiger partial charge in [0.05, 0.1) is 19.6 Å². The molecule has 5 aliphatic rings. The van der Waals surface area contributed by atoms with Gasteiger partial charge in [0, 0.05) is 41.1 Å². The smallest absolute Gasteiger partial charge is 0.339 e. The van der Waals surface area contributed by atoms with E-state index in [1.54, 1.807) is 26.8 Å². The Labute approximate surface area is 231 Å². The maximum Gasteiger partial charge on any atom is 0.339 e. The van der Waals surface area contributed by atoms with Gasteiger partial charge in [0.1, 0.15) is 12.2 Å². The Balaban J connectivity index is 1.63. The Hall–Kier alpha value is -2.73. The predicted octanol–water partition coefficient (Wildman–Crippen LogP) is 1.94. The molecule has 0 unspecified atom stereocenters. The first kappa shape index (κ1) is 27.4. The third kappa shape index (κ3) is 2.96. The second kappa shape index (κ2) is 8.18. The molecule has 1 aromatic heterocycles. The number of cyclic esters (lactones) is 1. The first-order valence-corrected chi connectivity index (χ1v) is 13.6. The lowest BCUT2D eigenvalue weighted by atomic mass is 9.38. The largest absolute Gasteiger partial charge is 0.472 e. The van der Waals surface area contributed by atoms with Crippen molar-refractivity contribution in [1.29, 1.82) is 0 Å². The molecule has 2 saturated heterocycles. The summed E-state index contributed by atoms with van der Waals surface area (Å²) in [4.78, 5) is 38.5. The molecule has 218 valence electrons. The molecule has 0 amide bonds. The van der Waals surface area contributed by atoms with Crippen molar-refractivity contribution in [1.82, 2.24) is 0 Å². The molecular formula is C29H36O11. The molecular weight excluding hydrogens is 524 g/mol. The molecule has 11 nitrogen and oxygen atoms in total. The molecule has 6 rings (SSSR count). The highest BCUT2D eigenvalue weighted by molar-refractivity contribution is 5.81. The summed E-state index contributed by atoms with van der Waals surface area (Å²) in [5.74, 6) is -5.81. The van der Waals surface area contributed by atoms with Gasteiger partial charge in [-0.15, -0.1) is 0 Å². The number of fused-ring (bicyclic) bond motifs is 2. The van der Waals surface area contributed by atoms with Gasteiger partial charge in [-0.2, -0.15) is 0 Å². The van der Waals surface area contributed by atoms with Crippen LogP contribution in [0.4, 0.5) is 0 Å². The monoisotopic (exact) mass is 560 g/mol. The minimum absolute atomic E-state index is 0.265. The minimum atomic E-state index is -2.31. The summed E-state index contributed by atoms with van der Waals surface area (Å²) in [5.41, 5.74) is -3.84. The Morgan fingerprint density at radius 3 is 2.45 bits per heavy atom. The molecule has 2 aliphatic heterocycles. The number of carbonyl (C=O) groups is 3. The van der Waals surface area contributed by atoms with Gasteiger partial charge in [0.15, 0.2) is 17.8 Å². The maximum atomic E-state index is 13.1. The second-order valence-electron chi connectivity index (χ2n) is 13.1. The average molecular weight is 561 g/mol. The third-order valence-corrected chi connectivity index (χ3v) is 10.9. The lowest BCUT2D eigenvalue weighted by Crippen LogP contribution is -2.80. The van der Waals surface area contributed by atoms with Crippen molar-refractivity contribution in [2.45, 2.75) is 89.7 Å². The molecule has 1 aromatic rings. The van der Waals surface area contributed by atoms with Crippen molar-refractivity contribution in [3.8, 4) is 0 Å². The summed E-state index contributed by atoms with van der Waals surface area (Å²) < 4.78 is 27.9.